The first-order valence-electron chi connectivity index (χ1n) is 8.93. The van der Waals surface area contributed by atoms with Gasteiger partial charge in [-0.05, 0) is 36.9 Å². The molecule has 1 atom stereocenters. The molecular formula is C19H28N2O. The van der Waals surface area contributed by atoms with Gasteiger partial charge in [-0.1, -0.05) is 56.4 Å². The van der Waals surface area contributed by atoms with E-state index in [1.165, 1.54) is 43.2 Å². The highest BCUT2D eigenvalue weighted by molar-refractivity contribution is 5.78. The van der Waals surface area contributed by atoms with Gasteiger partial charge >= 0.3 is 0 Å². The van der Waals surface area contributed by atoms with Crippen LogP contribution in [0.2, 0.25) is 0 Å². The fourth-order valence-corrected chi connectivity index (χ4v) is 3.84. The molecule has 1 heterocycles. The summed E-state index contributed by atoms with van der Waals surface area (Å²) < 4.78 is 0. The van der Waals surface area contributed by atoms with Crippen LogP contribution in [0.4, 0.5) is 0 Å². The van der Waals surface area contributed by atoms with E-state index in [0.717, 1.165) is 25.8 Å². The van der Waals surface area contributed by atoms with E-state index < -0.39 is 0 Å². The molecule has 0 spiro atoms. The Kier molecular flexibility index (Phi) is 5.49. The zero-order chi connectivity index (χ0) is 15.2. The van der Waals surface area contributed by atoms with E-state index in [1.807, 2.05) is 0 Å². The molecule has 1 aliphatic heterocycles. The maximum Gasteiger partial charge on any atom is 0.223 e. The van der Waals surface area contributed by atoms with Gasteiger partial charge in [0.15, 0.2) is 0 Å². The molecule has 22 heavy (non-hydrogen) atoms. The van der Waals surface area contributed by atoms with Gasteiger partial charge in [0.25, 0.3) is 0 Å². The highest BCUT2D eigenvalue weighted by Gasteiger charge is 2.23. The zero-order valence-corrected chi connectivity index (χ0v) is 13.4. The van der Waals surface area contributed by atoms with Crippen molar-refractivity contribution in [2.75, 3.05) is 13.1 Å². The molecule has 1 fully saturated rings. The van der Waals surface area contributed by atoms with Gasteiger partial charge in [0.2, 0.25) is 5.91 Å². The summed E-state index contributed by atoms with van der Waals surface area (Å²) >= 11 is 0. The first kappa shape index (κ1) is 15.5. The number of hydrogen-bond acceptors (Lipinski definition) is 2. The molecule has 3 heteroatoms. The van der Waals surface area contributed by atoms with E-state index >= 15 is 0 Å². The third kappa shape index (κ3) is 3.89. The van der Waals surface area contributed by atoms with Gasteiger partial charge in [-0.2, -0.15) is 0 Å². The fraction of sp³-hybridized carbons (Fsp3) is 0.632. The van der Waals surface area contributed by atoms with Gasteiger partial charge < -0.3 is 10.6 Å². The lowest BCUT2D eigenvalue weighted by molar-refractivity contribution is -0.125. The van der Waals surface area contributed by atoms with Crippen molar-refractivity contribution in [3.8, 4) is 0 Å². The quantitative estimate of drug-likeness (QED) is 0.899. The predicted octanol–water partition coefficient (Wildman–Crippen LogP) is 3.35. The molecule has 120 valence electrons. The van der Waals surface area contributed by atoms with Crippen molar-refractivity contribution < 1.29 is 4.79 Å². The minimum absolute atomic E-state index is 0.235. The number of hydrogen-bond donors (Lipinski definition) is 2. The second kappa shape index (κ2) is 7.77. The Bertz CT molecular complexity index is 492. The number of amides is 1. The molecule has 3 nitrogen and oxygen atoms in total. The molecule has 3 rings (SSSR count). The summed E-state index contributed by atoms with van der Waals surface area (Å²) in [5.41, 5.74) is 2.78. The smallest absolute Gasteiger partial charge is 0.223 e. The molecule has 0 saturated heterocycles. The minimum atomic E-state index is 0.235. The van der Waals surface area contributed by atoms with Crippen LogP contribution in [0, 0.1) is 5.92 Å². The molecule has 1 aromatic carbocycles. The Balaban J connectivity index is 1.55. The predicted molar refractivity (Wildman–Crippen MR) is 89.7 cm³/mol. The number of fused-ring (bicyclic) bond motifs is 1. The van der Waals surface area contributed by atoms with Crippen LogP contribution in [0.25, 0.3) is 0 Å². The largest absolute Gasteiger partial charge is 0.354 e. The van der Waals surface area contributed by atoms with Crippen molar-refractivity contribution in [3.05, 3.63) is 35.4 Å². The van der Waals surface area contributed by atoms with E-state index in [0.29, 0.717) is 6.54 Å². The van der Waals surface area contributed by atoms with E-state index in [4.69, 9.17) is 0 Å². The number of carbonyl (C=O) groups is 1. The van der Waals surface area contributed by atoms with Crippen LogP contribution in [0.15, 0.2) is 24.3 Å². The Labute approximate surface area is 133 Å². The topological polar surface area (TPSA) is 41.1 Å². The summed E-state index contributed by atoms with van der Waals surface area (Å²) in [7, 11) is 0. The first-order valence-corrected chi connectivity index (χ1v) is 8.93. The third-order valence-electron chi connectivity index (χ3n) is 5.17. The van der Waals surface area contributed by atoms with E-state index in [1.54, 1.807) is 0 Å². The number of rotatable bonds is 3. The standard InChI is InChI=1S/C19H28N2O/c22-19(16-9-4-2-1-3-5-10-16)21-14-18-17-11-7-6-8-15(17)12-13-20-18/h6-8,11,16,18,20H,1-5,9-10,12-14H2,(H,21,22). The van der Waals surface area contributed by atoms with Crippen LogP contribution >= 0.6 is 0 Å². The van der Waals surface area contributed by atoms with Crippen molar-refractivity contribution in [1.29, 1.82) is 0 Å². The summed E-state index contributed by atoms with van der Waals surface area (Å²) in [6, 6.07) is 8.86. The molecular weight excluding hydrogens is 272 g/mol. The first-order chi connectivity index (χ1) is 10.8. The summed E-state index contributed by atoms with van der Waals surface area (Å²) in [5.74, 6) is 0.505. The monoisotopic (exact) mass is 300 g/mol. The summed E-state index contributed by atoms with van der Waals surface area (Å²) in [5, 5.41) is 6.75. The van der Waals surface area contributed by atoms with Crippen molar-refractivity contribution in [3.63, 3.8) is 0 Å². The van der Waals surface area contributed by atoms with E-state index in [2.05, 4.69) is 34.9 Å². The number of nitrogens with one attached hydrogen (secondary N) is 2. The third-order valence-corrected chi connectivity index (χ3v) is 5.17. The van der Waals surface area contributed by atoms with Gasteiger partial charge in [-0.25, -0.2) is 0 Å². The fourth-order valence-electron chi connectivity index (χ4n) is 3.84. The van der Waals surface area contributed by atoms with Gasteiger partial charge in [0, 0.05) is 18.5 Å². The molecule has 1 amide bonds. The lowest BCUT2D eigenvalue weighted by atomic mass is 9.90. The Hall–Kier alpha value is -1.35. The van der Waals surface area contributed by atoms with Crippen LogP contribution < -0.4 is 10.6 Å². The Morgan fingerprint density at radius 2 is 1.82 bits per heavy atom. The second-order valence-corrected chi connectivity index (χ2v) is 6.74. The van der Waals surface area contributed by atoms with Crippen molar-refractivity contribution in [2.24, 2.45) is 5.92 Å². The summed E-state index contributed by atoms with van der Waals surface area (Å²) in [6.07, 6.45) is 9.58. The molecule has 0 radical (unpaired) electrons. The van der Waals surface area contributed by atoms with E-state index in [9.17, 15) is 4.79 Å². The van der Waals surface area contributed by atoms with Gasteiger partial charge in [0.1, 0.15) is 0 Å². The molecule has 2 N–H and O–H groups in total. The normalized spacial score (nSPS) is 23.2. The molecule has 0 aromatic heterocycles. The maximum atomic E-state index is 12.5. The summed E-state index contributed by atoms with van der Waals surface area (Å²) in [6.45, 7) is 1.72. The number of benzene rings is 1. The lowest BCUT2D eigenvalue weighted by Gasteiger charge is -2.28. The summed E-state index contributed by atoms with van der Waals surface area (Å²) in [4.78, 5) is 12.5. The number of carbonyl (C=O) groups excluding carboxylic acids is 1. The van der Waals surface area contributed by atoms with Crippen LogP contribution in [0.5, 0.6) is 0 Å². The van der Waals surface area contributed by atoms with Crippen molar-refractivity contribution in [2.45, 2.75) is 57.4 Å². The molecule has 1 aliphatic carbocycles. The zero-order valence-electron chi connectivity index (χ0n) is 13.4. The van der Waals surface area contributed by atoms with E-state index in [-0.39, 0.29) is 17.9 Å². The highest BCUT2D eigenvalue weighted by atomic mass is 16.1. The molecule has 1 saturated carbocycles. The van der Waals surface area contributed by atoms with Crippen LogP contribution in [-0.2, 0) is 11.2 Å². The molecule has 1 aromatic rings. The SMILES string of the molecule is O=C(NCC1NCCc2ccccc21)C1CCCCCCC1. The highest BCUT2D eigenvalue weighted by Crippen LogP contribution is 2.24. The van der Waals surface area contributed by atoms with Crippen molar-refractivity contribution in [1.82, 2.24) is 10.6 Å². The van der Waals surface area contributed by atoms with Crippen LogP contribution in [0.1, 0.15) is 62.1 Å². The van der Waals surface area contributed by atoms with Crippen LogP contribution in [-0.4, -0.2) is 19.0 Å². The lowest BCUT2D eigenvalue weighted by Crippen LogP contribution is -2.40. The average Bonchev–Trinajstić information content (AvgIpc) is 2.52. The molecule has 2 aliphatic rings. The Morgan fingerprint density at radius 3 is 2.64 bits per heavy atom. The Morgan fingerprint density at radius 1 is 1.09 bits per heavy atom. The minimum Gasteiger partial charge on any atom is -0.354 e. The van der Waals surface area contributed by atoms with Gasteiger partial charge in [-0.3, -0.25) is 4.79 Å². The maximum absolute atomic E-state index is 12.5. The average molecular weight is 300 g/mol. The molecule has 0 bridgehead atoms. The van der Waals surface area contributed by atoms with Crippen molar-refractivity contribution >= 4 is 5.91 Å². The second-order valence-electron chi connectivity index (χ2n) is 6.74. The van der Waals surface area contributed by atoms with Gasteiger partial charge in [-0.15, -0.1) is 0 Å². The van der Waals surface area contributed by atoms with Crippen LogP contribution in [0.3, 0.4) is 0 Å². The van der Waals surface area contributed by atoms with Gasteiger partial charge in [0.05, 0.1) is 0 Å². The molecule has 1 unspecified atom stereocenters.